The summed E-state index contributed by atoms with van der Waals surface area (Å²) < 4.78 is -0.889. The second kappa shape index (κ2) is 19.3. The summed E-state index contributed by atoms with van der Waals surface area (Å²) in [5.74, 6) is 0. The van der Waals surface area contributed by atoms with Crippen molar-refractivity contribution in [1.82, 2.24) is 0 Å². The van der Waals surface area contributed by atoms with E-state index in [-0.39, 0.29) is 13.2 Å². The van der Waals surface area contributed by atoms with E-state index >= 15 is 0 Å². The zero-order chi connectivity index (χ0) is 12.0. The van der Waals surface area contributed by atoms with Gasteiger partial charge in [-0.25, -0.2) is 0 Å². The molecular weight excluding hydrogens is 264 g/mol. The number of carbonyl (C=O) groups is 2. The Balaban J connectivity index is -0.000000135. The van der Waals surface area contributed by atoms with Gasteiger partial charge in [0.15, 0.2) is 0 Å². The second-order valence-electron chi connectivity index (χ2n) is 1.72. The first-order valence-corrected chi connectivity index (χ1v) is 5.22. The molecule has 4 nitrogen and oxygen atoms in total. The van der Waals surface area contributed by atoms with Gasteiger partial charge in [-0.2, -0.15) is 0 Å². The van der Waals surface area contributed by atoms with Crippen molar-refractivity contribution in [3.05, 3.63) is 0 Å². The number of aliphatic hydroxyl groups is 2. The van der Waals surface area contributed by atoms with E-state index in [2.05, 4.69) is 50.5 Å². The standard InChI is InChI=1S/C4H10O2.2CH2OS2/c5-3-1-2-4-6;2*2-1(3)4/h5-6H,1-4H2;2*(H2,2,3,4). The number of hydrogen-bond donors (Lipinski definition) is 6. The molecule has 0 saturated carbocycles. The Labute approximate surface area is 105 Å². The van der Waals surface area contributed by atoms with Gasteiger partial charge in [-0.3, -0.25) is 9.59 Å². The van der Waals surface area contributed by atoms with Crippen molar-refractivity contribution in [3.8, 4) is 0 Å². The van der Waals surface area contributed by atoms with Gasteiger partial charge in [0.05, 0.1) is 0 Å². The Bertz CT molecular complexity index is 118. The normalized spacial score (nSPS) is 7.57. The van der Waals surface area contributed by atoms with Crippen LogP contribution in [0.1, 0.15) is 12.8 Å². The molecule has 0 aliphatic rings. The lowest BCUT2D eigenvalue weighted by Crippen LogP contribution is -1.85. The number of unbranched alkanes of at least 4 members (excludes halogenated alkanes) is 1. The van der Waals surface area contributed by atoms with E-state index < -0.39 is 8.89 Å². The first kappa shape index (κ1) is 20.1. The number of carbonyl (C=O) groups excluding carboxylic acids is 2. The van der Waals surface area contributed by atoms with Gasteiger partial charge in [0.25, 0.3) is 0 Å². The fourth-order valence-electron chi connectivity index (χ4n) is 0.224. The Morgan fingerprint density at radius 1 is 0.786 bits per heavy atom. The van der Waals surface area contributed by atoms with Gasteiger partial charge in [0.2, 0.25) is 8.89 Å². The monoisotopic (exact) mass is 278 g/mol. The molecule has 0 rings (SSSR count). The van der Waals surface area contributed by atoms with Crippen molar-refractivity contribution >= 4 is 59.4 Å². The van der Waals surface area contributed by atoms with Crippen molar-refractivity contribution < 1.29 is 19.8 Å². The number of rotatable bonds is 3. The molecule has 0 aromatic heterocycles. The molecule has 0 spiro atoms. The molecule has 0 aromatic carbocycles. The lowest BCUT2D eigenvalue weighted by atomic mass is 10.3. The molecular formula is C6H14O4S4. The summed E-state index contributed by atoms with van der Waals surface area (Å²) in [7, 11) is 0. The molecule has 0 bridgehead atoms. The molecule has 0 atom stereocenters. The maximum atomic E-state index is 9.17. The highest BCUT2D eigenvalue weighted by Crippen LogP contribution is 1.82. The molecule has 0 aromatic rings. The van der Waals surface area contributed by atoms with E-state index in [0.29, 0.717) is 0 Å². The quantitative estimate of drug-likeness (QED) is 0.351. The third kappa shape index (κ3) is 128. The number of hydrogen-bond acceptors (Lipinski definition) is 4. The van der Waals surface area contributed by atoms with Crippen LogP contribution in [-0.4, -0.2) is 32.3 Å². The van der Waals surface area contributed by atoms with Gasteiger partial charge in [0, 0.05) is 13.2 Å². The van der Waals surface area contributed by atoms with Crippen LogP contribution in [0.2, 0.25) is 0 Å². The fraction of sp³-hybridized carbons (Fsp3) is 0.667. The molecule has 0 heterocycles. The lowest BCUT2D eigenvalue weighted by Gasteiger charge is -1.85. The minimum Gasteiger partial charge on any atom is -0.396 e. The van der Waals surface area contributed by atoms with Crippen LogP contribution >= 0.6 is 50.5 Å². The Hall–Kier alpha value is 0.660. The van der Waals surface area contributed by atoms with Gasteiger partial charge < -0.3 is 10.2 Å². The van der Waals surface area contributed by atoms with Gasteiger partial charge >= 0.3 is 0 Å². The topological polar surface area (TPSA) is 74.6 Å². The largest absolute Gasteiger partial charge is 0.396 e. The van der Waals surface area contributed by atoms with Crippen LogP contribution in [0.15, 0.2) is 0 Å². The van der Waals surface area contributed by atoms with E-state index in [1.165, 1.54) is 0 Å². The minimum absolute atomic E-state index is 0.195. The van der Waals surface area contributed by atoms with Gasteiger partial charge in [-0.1, -0.05) is 50.5 Å². The van der Waals surface area contributed by atoms with Gasteiger partial charge in [-0.15, -0.1) is 0 Å². The molecule has 86 valence electrons. The van der Waals surface area contributed by atoms with E-state index in [1.54, 1.807) is 0 Å². The smallest absolute Gasteiger partial charge is 0.239 e. The maximum Gasteiger partial charge on any atom is 0.239 e. The Kier molecular flexibility index (Phi) is 27.7. The summed E-state index contributed by atoms with van der Waals surface area (Å²) in [4.78, 5) is 18.3. The number of thiol groups is 4. The zero-order valence-corrected chi connectivity index (χ0v) is 10.9. The highest BCUT2D eigenvalue weighted by molar-refractivity contribution is 8.23. The van der Waals surface area contributed by atoms with E-state index in [0.717, 1.165) is 12.8 Å². The summed E-state index contributed by atoms with van der Waals surface area (Å²) in [6.45, 7) is 0.390. The summed E-state index contributed by atoms with van der Waals surface area (Å²) in [6.07, 6.45) is 1.44. The van der Waals surface area contributed by atoms with Crippen LogP contribution in [0, 0.1) is 0 Å². The van der Waals surface area contributed by atoms with Crippen LogP contribution in [0.4, 0.5) is 9.59 Å². The molecule has 0 aliphatic carbocycles. The summed E-state index contributed by atoms with van der Waals surface area (Å²) >= 11 is 12.8. The second-order valence-corrected chi connectivity index (χ2v) is 4.05. The highest BCUT2D eigenvalue weighted by atomic mass is 32.2. The van der Waals surface area contributed by atoms with Crippen LogP contribution in [0.5, 0.6) is 0 Å². The summed E-state index contributed by atoms with van der Waals surface area (Å²) in [5.41, 5.74) is 0. The average molecular weight is 278 g/mol. The van der Waals surface area contributed by atoms with Crippen LogP contribution < -0.4 is 0 Å². The van der Waals surface area contributed by atoms with E-state index in [1.807, 2.05) is 0 Å². The first-order valence-electron chi connectivity index (χ1n) is 3.44. The third-order valence-electron chi connectivity index (χ3n) is 0.566. The van der Waals surface area contributed by atoms with Crippen molar-refractivity contribution in [3.63, 3.8) is 0 Å². The fourth-order valence-corrected chi connectivity index (χ4v) is 0.224. The SMILES string of the molecule is O=C(S)S.O=C(S)S.OCCCCO. The molecule has 2 N–H and O–H groups in total. The summed E-state index contributed by atoms with van der Waals surface area (Å²) in [5, 5.41) is 16.2. The van der Waals surface area contributed by atoms with Crippen molar-refractivity contribution in [2.45, 2.75) is 12.8 Å². The highest BCUT2D eigenvalue weighted by Gasteiger charge is 1.77. The van der Waals surface area contributed by atoms with Gasteiger partial charge in [-0.05, 0) is 12.8 Å². The van der Waals surface area contributed by atoms with Crippen LogP contribution in [0.3, 0.4) is 0 Å². The average Bonchev–Trinajstić information content (AvgIpc) is 1.98. The van der Waals surface area contributed by atoms with Crippen LogP contribution in [0.25, 0.3) is 0 Å². The van der Waals surface area contributed by atoms with Crippen LogP contribution in [-0.2, 0) is 0 Å². The molecule has 0 unspecified atom stereocenters. The van der Waals surface area contributed by atoms with Crippen molar-refractivity contribution in [2.24, 2.45) is 0 Å². The van der Waals surface area contributed by atoms with E-state index in [9.17, 15) is 9.59 Å². The zero-order valence-electron chi connectivity index (χ0n) is 7.33. The molecule has 0 fully saturated rings. The summed E-state index contributed by atoms with van der Waals surface area (Å²) in [6, 6.07) is 0. The predicted octanol–water partition coefficient (Wildman–Crippen LogP) is 1.68. The van der Waals surface area contributed by atoms with E-state index in [4.69, 9.17) is 10.2 Å². The molecule has 0 aliphatic heterocycles. The Morgan fingerprint density at radius 2 is 0.929 bits per heavy atom. The minimum atomic E-state index is -0.444. The molecule has 0 amide bonds. The molecule has 8 heteroatoms. The van der Waals surface area contributed by atoms with Gasteiger partial charge in [0.1, 0.15) is 0 Å². The third-order valence-corrected chi connectivity index (χ3v) is 0.566. The maximum absolute atomic E-state index is 9.17. The number of aliphatic hydroxyl groups excluding tert-OH is 2. The van der Waals surface area contributed by atoms with Crippen molar-refractivity contribution in [1.29, 1.82) is 0 Å². The lowest BCUT2D eigenvalue weighted by molar-refractivity contribution is 0.242. The molecule has 0 radical (unpaired) electrons. The molecule has 14 heavy (non-hydrogen) atoms. The predicted molar refractivity (Wildman–Crippen MR) is 70.1 cm³/mol. The molecule has 0 saturated heterocycles. The Morgan fingerprint density at radius 3 is 1.00 bits per heavy atom. The van der Waals surface area contributed by atoms with Crippen molar-refractivity contribution in [2.75, 3.05) is 13.2 Å². The first-order chi connectivity index (χ1) is 6.38.